The predicted molar refractivity (Wildman–Crippen MR) is 262 cm³/mol. The van der Waals surface area contributed by atoms with Crippen LogP contribution < -0.4 is 80.9 Å². The minimum Gasteiger partial charge on any atom is -1.00 e. The molecule has 28 heteroatoms. The zero-order chi connectivity index (χ0) is 42.7. The number of Topliss-reactive ketones (excluding diaryl/α,β-unsaturated/α-hetero) is 4. The first-order valence-corrected chi connectivity index (χ1v) is 34.7. The summed E-state index contributed by atoms with van der Waals surface area (Å²) >= 11 is 7.28. The van der Waals surface area contributed by atoms with Crippen molar-refractivity contribution in [2.24, 2.45) is 33.5 Å². The quantitative estimate of drug-likeness (QED) is 0.118. The number of halogens is 6. The van der Waals surface area contributed by atoms with Gasteiger partial charge in [-0.05, 0) is 83.6 Å². The van der Waals surface area contributed by atoms with Gasteiger partial charge in [0.05, 0.1) is 28.3 Å². The van der Waals surface area contributed by atoms with E-state index in [1.807, 2.05) is 24.9 Å². The van der Waals surface area contributed by atoms with Crippen molar-refractivity contribution in [3.63, 3.8) is 0 Å². The third-order valence-corrected chi connectivity index (χ3v) is 9.29. The Hall–Kier alpha value is 3.38. The summed E-state index contributed by atoms with van der Waals surface area (Å²) in [7, 11) is 0. The van der Waals surface area contributed by atoms with Crippen molar-refractivity contribution in [1.29, 1.82) is 0 Å². The molecule has 0 spiro atoms. The van der Waals surface area contributed by atoms with Crippen LogP contribution in [0.25, 0.3) is 0 Å². The van der Waals surface area contributed by atoms with Crippen LogP contribution in [0.15, 0.2) is 36.5 Å². The minimum absolute atomic E-state index is 0. The van der Waals surface area contributed by atoms with Gasteiger partial charge in [-0.3, -0.25) is 38.4 Å². The van der Waals surface area contributed by atoms with Crippen LogP contribution in [0.5, 0.6) is 0 Å². The maximum atomic E-state index is 11.0. The summed E-state index contributed by atoms with van der Waals surface area (Å²) in [6, 6.07) is 0. The number of alkyl halides is 1. The van der Waals surface area contributed by atoms with Gasteiger partial charge in [-0.25, -0.2) is 0 Å². The van der Waals surface area contributed by atoms with Gasteiger partial charge in [0.25, 0.3) is 0 Å². The second-order valence-electron chi connectivity index (χ2n) is 14.2. The fourth-order valence-corrected chi connectivity index (χ4v) is 4.25. The molecule has 0 saturated heterocycles. The van der Waals surface area contributed by atoms with E-state index in [-0.39, 0.29) is 200 Å². The van der Waals surface area contributed by atoms with Crippen molar-refractivity contribution in [3.8, 4) is 0 Å². The van der Waals surface area contributed by atoms with Gasteiger partial charge in [-0.15, -0.1) is 0 Å². The maximum Gasteiger partial charge on any atom is 1.00 e. The number of aliphatic hydroxyl groups is 1. The van der Waals surface area contributed by atoms with Crippen LogP contribution in [-0.2, 0) is 49.7 Å². The summed E-state index contributed by atoms with van der Waals surface area (Å²) in [6.45, 7) is 17.9. The summed E-state index contributed by atoms with van der Waals surface area (Å²) in [5, 5.41) is 9.12. The first-order valence-electron chi connectivity index (χ1n) is 16.1. The molecule has 383 valence electrons. The molecule has 2 atom stereocenters. The van der Waals surface area contributed by atoms with E-state index in [1.54, 1.807) is 54.5 Å². The van der Waals surface area contributed by atoms with Crippen molar-refractivity contribution < 1.29 is 212 Å². The van der Waals surface area contributed by atoms with Crippen molar-refractivity contribution >= 4 is 122 Å². The van der Waals surface area contributed by atoms with E-state index in [2.05, 4.69) is 57.7 Å². The fraction of sp³-hybridized carbons (Fsp3) is 0.622. The molecular formula is C37H71BBr2CeCl3CuIKNaO17. The molecule has 2 saturated carbocycles. The average molecular weight is 1460 g/mol. The molecule has 2 unspecified atom stereocenters. The van der Waals surface area contributed by atoms with Crippen molar-refractivity contribution in [2.75, 3.05) is 4.93 Å². The van der Waals surface area contributed by atoms with Gasteiger partial charge in [0, 0.05) is 39.5 Å². The number of ketones is 8. The monoisotopic (exact) mass is 1450 g/mol. The molecule has 5 rings (SSSR count). The molecule has 5 aliphatic carbocycles. The fourth-order valence-electron chi connectivity index (χ4n) is 4.25. The smallest absolute Gasteiger partial charge is 1.00 e. The van der Waals surface area contributed by atoms with Crippen LogP contribution in [0.3, 0.4) is 0 Å². The molecule has 65 heavy (non-hydrogen) atoms. The van der Waals surface area contributed by atoms with Gasteiger partial charge in [0.15, 0.2) is 23.1 Å². The Morgan fingerprint density at radius 2 is 0.877 bits per heavy atom. The molecule has 0 aliphatic heterocycles. The SMILES string of the molecule is C.CC1(C)C(=O)C=CC1=O.CC1(C)C(=O)C=CC1O.CC1(C)C(=O)CCC1=O.CC1C(=O)CCC1=O.CC1C=CC(=O)C1(C)C.CI.O.O.O.O.O.O.O.[B].[Br][Cu][Br].[Cl][Ce]([Cl])[Cl].[H-].[K+].[Na+].[OH-]. The Bertz CT molecular complexity index is 1360. The molecule has 0 heterocycles. The number of carbonyl (C=O) groups excluding carboxylic acids is 8. The molecule has 2 fully saturated rings. The van der Waals surface area contributed by atoms with E-state index in [9.17, 15) is 38.4 Å². The van der Waals surface area contributed by atoms with Crippen LogP contribution in [0.1, 0.15) is 104 Å². The van der Waals surface area contributed by atoms with Crippen LogP contribution in [0.2, 0.25) is 0 Å². The molecular weight excluding hydrogens is 1390 g/mol. The van der Waals surface area contributed by atoms with Gasteiger partial charge in [0.2, 0.25) is 0 Å². The molecule has 0 amide bonds. The van der Waals surface area contributed by atoms with Gasteiger partial charge < -0.3 is 50.3 Å². The molecule has 0 aromatic heterocycles. The van der Waals surface area contributed by atoms with E-state index in [0.29, 0.717) is 31.6 Å². The molecule has 0 aromatic rings. The topological polar surface area (TPSA) is 407 Å². The number of carbonyl (C=O) groups is 8. The number of aliphatic hydroxyl groups excluding tert-OH is 1. The zero-order valence-electron chi connectivity index (χ0n) is 39.3. The van der Waals surface area contributed by atoms with Crippen LogP contribution in [0.4, 0.5) is 0 Å². The summed E-state index contributed by atoms with van der Waals surface area (Å²) in [6.07, 6.45) is 10.5. The Labute approximate surface area is 508 Å². The molecule has 5 aliphatic rings. The molecule has 16 N–H and O–H groups in total. The maximum absolute atomic E-state index is 11.0. The zero-order valence-corrected chi connectivity index (χ0v) is 55.1. The number of allylic oxidation sites excluding steroid dienone is 5. The van der Waals surface area contributed by atoms with E-state index in [0.717, 1.165) is 0 Å². The number of rotatable bonds is 0. The number of hydrogen-bond donors (Lipinski definition) is 1. The molecule has 0 aromatic carbocycles. The van der Waals surface area contributed by atoms with Crippen molar-refractivity contribution in [2.45, 2.75) is 108 Å². The van der Waals surface area contributed by atoms with Crippen LogP contribution in [0, 0.1) is 64.2 Å². The van der Waals surface area contributed by atoms with Crippen molar-refractivity contribution in [3.05, 3.63) is 36.5 Å². The second-order valence-corrected chi connectivity index (χ2v) is 32.8. The van der Waals surface area contributed by atoms with E-state index in [1.165, 1.54) is 35.6 Å². The van der Waals surface area contributed by atoms with Gasteiger partial charge in [-0.1, -0.05) is 62.9 Å². The molecule has 17 nitrogen and oxygen atoms in total. The first kappa shape index (κ1) is 109. The second kappa shape index (κ2) is 53.7. The van der Waals surface area contributed by atoms with Gasteiger partial charge in [0.1, 0.15) is 23.1 Å². The Balaban J connectivity index is -0.0000000309. The Morgan fingerprint density at radius 1 is 0.615 bits per heavy atom. The Kier molecular flexibility index (Phi) is 89.9. The van der Waals surface area contributed by atoms with Gasteiger partial charge >= 0.3 is 168 Å². The standard InChI is InChI=1S/C8H12O.2C7H10O2.C7H8O2.C6H8O2.CH3I.CH4.B.2BrH.Ce.3ClH.Cu.K.Na.8H2O.H/c1-6-4-5-7(9)8(6,2)3;3*1-7(2)5(8)3-4-6(7)9;1-4-5(7)2-3-6(4)8;1-2;;;;;;;;;;;;;;;;;;;;/h4-6H,1-3H3;3-4H2,1-2H3;3-5,8H,1-2H3;3-4H,1-2H3;4H,2-3H2,1H3;1H3;1H4;;2*1H;;3*1H;;;;8*1H2;/q;;;;;;;;;;+3;;;;+2;2*+1;;;;;;;;;-1/p-6. The third-order valence-electron chi connectivity index (χ3n) is 9.29. The summed E-state index contributed by atoms with van der Waals surface area (Å²) < 4.78 is 0. The summed E-state index contributed by atoms with van der Waals surface area (Å²) in [5.74, 6) is 0.593. The first-order chi connectivity index (χ1) is 24.1. The van der Waals surface area contributed by atoms with Crippen LogP contribution >= 0.6 is 67.7 Å². The predicted octanol–water partition coefficient (Wildman–Crippen LogP) is -2.25. The molecule has 3 radical (unpaired) electrons. The summed E-state index contributed by atoms with van der Waals surface area (Å²) in [5.41, 5.74) is 12.9. The largest absolute Gasteiger partial charge is 1.00 e. The minimum atomic E-state index is -2.24. The van der Waals surface area contributed by atoms with E-state index >= 15 is 0 Å². The third kappa shape index (κ3) is 40.4. The Morgan fingerprint density at radius 3 is 0.954 bits per heavy atom. The van der Waals surface area contributed by atoms with Gasteiger partial charge in [-0.2, -0.15) is 0 Å². The average Bonchev–Trinajstić information content (AvgIpc) is 3.74. The normalized spacial score (nSPS) is 19.0. The van der Waals surface area contributed by atoms with E-state index < -0.39 is 53.0 Å². The molecule has 0 bridgehead atoms. The van der Waals surface area contributed by atoms with Crippen molar-refractivity contribution in [1.82, 2.24) is 0 Å². The van der Waals surface area contributed by atoms with E-state index in [4.69, 9.17) is 22.0 Å². The summed E-state index contributed by atoms with van der Waals surface area (Å²) in [4.78, 5) is 88.3. The number of hydrogen-bond acceptors (Lipinski definition) is 10. The van der Waals surface area contributed by atoms with Crippen LogP contribution in [-0.4, -0.2) is 115 Å².